The van der Waals surface area contributed by atoms with Gasteiger partial charge in [0.15, 0.2) is 5.96 Å². The summed E-state index contributed by atoms with van der Waals surface area (Å²) in [6, 6.07) is 1.96. The van der Waals surface area contributed by atoms with Crippen LogP contribution in [0.3, 0.4) is 0 Å². The van der Waals surface area contributed by atoms with Crippen molar-refractivity contribution in [3.8, 4) is 0 Å². The fourth-order valence-corrected chi connectivity index (χ4v) is 3.21. The van der Waals surface area contributed by atoms with Crippen molar-refractivity contribution in [2.24, 2.45) is 10.9 Å². The molecule has 0 fully saturated rings. The van der Waals surface area contributed by atoms with E-state index in [0.717, 1.165) is 24.5 Å². The van der Waals surface area contributed by atoms with Crippen molar-refractivity contribution in [2.45, 2.75) is 31.8 Å². The summed E-state index contributed by atoms with van der Waals surface area (Å²) in [4.78, 5) is 4.22. The van der Waals surface area contributed by atoms with E-state index in [4.69, 9.17) is 0 Å². The van der Waals surface area contributed by atoms with Gasteiger partial charge >= 0.3 is 0 Å². The van der Waals surface area contributed by atoms with Crippen LogP contribution in [0.25, 0.3) is 0 Å². The third-order valence-corrected chi connectivity index (χ3v) is 4.59. The fraction of sp³-hybridized carbons (Fsp3) is 0.562. The molecule has 0 saturated heterocycles. The molecule has 1 aliphatic carbocycles. The van der Waals surface area contributed by atoms with E-state index in [1.54, 1.807) is 18.4 Å². The molecule has 1 aromatic rings. The molecule has 0 aromatic carbocycles. The first kappa shape index (κ1) is 19.4. The number of halogens is 1. The molecule has 1 heterocycles. The van der Waals surface area contributed by atoms with Crippen molar-refractivity contribution in [3.63, 3.8) is 0 Å². The number of nitrogens with one attached hydrogen (secondary N) is 2. The van der Waals surface area contributed by atoms with Gasteiger partial charge in [-0.3, -0.25) is 4.99 Å². The molecule has 0 amide bonds. The van der Waals surface area contributed by atoms with E-state index in [-0.39, 0.29) is 24.0 Å². The Morgan fingerprint density at radius 1 is 1.45 bits per heavy atom. The second-order valence-corrected chi connectivity index (χ2v) is 6.52. The Balaban J connectivity index is 0.00000242. The molecule has 2 atom stereocenters. The van der Waals surface area contributed by atoms with Crippen molar-refractivity contribution in [3.05, 3.63) is 34.5 Å². The molecular formula is C16H26IN3OS. The van der Waals surface area contributed by atoms with E-state index in [1.807, 2.05) is 23.8 Å². The van der Waals surface area contributed by atoms with E-state index in [1.165, 1.54) is 12.8 Å². The standard InChI is InChI=1S/C16H25N3OS.HI/c1-16(20,14-8-9-21-11-14)12-19-15(17-2)18-10-13-6-4-3-5-7-13;/h3-4,8-9,11,13,20H,5-7,10,12H2,1-2H3,(H2,17,18,19);1H. The van der Waals surface area contributed by atoms with Gasteiger partial charge in [-0.05, 0) is 54.5 Å². The molecule has 124 valence electrons. The number of guanidine groups is 1. The Hall–Kier alpha value is -0.600. The first-order chi connectivity index (χ1) is 10.1. The molecular weight excluding hydrogens is 409 g/mol. The summed E-state index contributed by atoms with van der Waals surface area (Å²) in [7, 11) is 1.76. The van der Waals surface area contributed by atoms with Crippen LogP contribution in [0.5, 0.6) is 0 Å². The van der Waals surface area contributed by atoms with Crippen LogP contribution >= 0.6 is 35.3 Å². The number of aliphatic hydroxyl groups is 1. The van der Waals surface area contributed by atoms with Crippen LogP contribution in [-0.4, -0.2) is 31.2 Å². The lowest BCUT2D eigenvalue weighted by molar-refractivity contribution is 0.0621. The SMILES string of the molecule is CN=C(NCC1CC=CCC1)NCC(C)(O)c1ccsc1.I. The van der Waals surface area contributed by atoms with Crippen LogP contribution < -0.4 is 10.6 Å². The molecule has 2 unspecified atom stereocenters. The zero-order valence-corrected chi connectivity index (χ0v) is 16.4. The molecule has 0 bridgehead atoms. The highest BCUT2D eigenvalue weighted by Gasteiger charge is 2.23. The quantitative estimate of drug-likeness (QED) is 0.288. The lowest BCUT2D eigenvalue weighted by atomic mass is 9.94. The fourth-order valence-electron chi connectivity index (χ4n) is 2.43. The second kappa shape index (κ2) is 9.52. The van der Waals surface area contributed by atoms with Gasteiger partial charge in [-0.2, -0.15) is 11.3 Å². The van der Waals surface area contributed by atoms with Gasteiger partial charge < -0.3 is 15.7 Å². The van der Waals surface area contributed by atoms with Gasteiger partial charge in [0, 0.05) is 13.6 Å². The second-order valence-electron chi connectivity index (χ2n) is 5.74. The lowest BCUT2D eigenvalue weighted by Gasteiger charge is -2.25. The molecule has 3 N–H and O–H groups in total. The molecule has 0 radical (unpaired) electrons. The largest absolute Gasteiger partial charge is 0.384 e. The van der Waals surface area contributed by atoms with Gasteiger partial charge in [-0.15, -0.1) is 24.0 Å². The highest BCUT2D eigenvalue weighted by Crippen LogP contribution is 2.22. The van der Waals surface area contributed by atoms with Gasteiger partial charge in [0.25, 0.3) is 0 Å². The Bertz CT molecular complexity index is 486. The van der Waals surface area contributed by atoms with Gasteiger partial charge in [-0.25, -0.2) is 0 Å². The monoisotopic (exact) mass is 435 g/mol. The maximum absolute atomic E-state index is 10.5. The van der Waals surface area contributed by atoms with Crippen LogP contribution in [0.4, 0.5) is 0 Å². The van der Waals surface area contributed by atoms with Crippen molar-refractivity contribution in [2.75, 3.05) is 20.1 Å². The Morgan fingerprint density at radius 3 is 2.86 bits per heavy atom. The number of rotatable bonds is 5. The third-order valence-electron chi connectivity index (χ3n) is 3.90. The topological polar surface area (TPSA) is 56.7 Å². The minimum atomic E-state index is -0.884. The van der Waals surface area contributed by atoms with Gasteiger partial charge in [0.05, 0.1) is 6.54 Å². The van der Waals surface area contributed by atoms with Crippen LogP contribution in [-0.2, 0) is 5.60 Å². The molecule has 0 spiro atoms. The highest BCUT2D eigenvalue weighted by molar-refractivity contribution is 14.0. The zero-order valence-electron chi connectivity index (χ0n) is 13.2. The van der Waals surface area contributed by atoms with E-state index in [2.05, 4.69) is 27.8 Å². The molecule has 1 aromatic heterocycles. The zero-order chi connectivity index (χ0) is 15.1. The third kappa shape index (κ3) is 5.89. The molecule has 6 heteroatoms. The predicted octanol–water partition coefficient (Wildman–Crippen LogP) is 3.09. The van der Waals surface area contributed by atoms with E-state index in [0.29, 0.717) is 12.5 Å². The molecule has 0 saturated carbocycles. The maximum atomic E-state index is 10.5. The number of hydrogen-bond acceptors (Lipinski definition) is 3. The molecule has 0 aliphatic heterocycles. The summed E-state index contributed by atoms with van der Waals surface area (Å²) in [5.41, 5.74) is 0.0541. The van der Waals surface area contributed by atoms with Crippen LogP contribution in [0.2, 0.25) is 0 Å². The summed E-state index contributed by atoms with van der Waals surface area (Å²) >= 11 is 1.60. The summed E-state index contributed by atoms with van der Waals surface area (Å²) in [6.45, 7) is 3.18. The lowest BCUT2D eigenvalue weighted by Crippen LogP contribution is -2.45. The molecule has 2 rings (SSSR count). The Morgan fingerprint density at radius 2 is 2.27 bits per heavy atom. The Kier molecular flexibility index (Phi) is 8.41. The van der Waals surface area contributed by atoms with E-state index in [9.17, 15) is 5.11 Å². The number of hydrogen-bond donors (Lipinski definition) is 3. The predicted molar refractivity (Wildman–Crippen MR) is 105 cm³/mol. The van der Waals surface area contributed by atoms with E-state index < -0.39 is 5.60 Å². The van der Waals surface area contributed by atoms with Gasteiger partial charge in [0.1, 0.15) is 5.60 Å². The van der Waals surface area contributed by atoms with E-state index >= 15 is 0 Å². The molecule has 4 nitrogen and oxygen atoms in total. The summed E-state index contributed by atoms with van der Waals surface area (Å²) in [6.07, 6.45) is 8.05. The number of thiophene rings is 1. The average Bonchev–Trinajstić information content (AvgIpc) is 3.03. The van der Waals surface area contributed by atoms with Gasteiger partial charge in [-0.1, -0.05) is 12.2 Å². The number of allylic oxidation sites excluding steroid dienone is 2. The van der Waals surface area contributed by atoms with Crippen LogP contribution in [0.15, 0.2) is 34.0 Å². The summed E-state index contributed by atoms with van der Waals surface area (Å²) < 4.78 is 0. The van der Waals surface area contributed by atoms with Crippen molar-refractivity contribution >= 4 is 41.3 Å². The highest BCUT2D eigenvalue weighted by atomic mass is 127. The number of aliphatic imine (C=N–C) groups is 1. The first-order valence-corrected chi connectivity index (χ1v) is 8.40. The van der Waals surface area contributed by atoms with Crippen LogP contribution in [0.1, 0.15) is 31.7 Å². The normalized spacial score (nSPS) is 20.9. The maximum Gasteiger partial charge on any atom is 0.191 e. The van der Waals surface area contributed by atoms with Gasteiger partial charge in [0.2, 0.25) is 0 Å². The number of nitrogens with zero attached hydrogens (tertiary/aromatic N) is 1. The first-order valence-electron chi connectivity index (χ1n) is 7.46. The summed E-state index contributed by atoms with van der Waals surface area (Å²) in [5, 5.41) is 21.0. The minimum absolute atomic E-state index is 0. The molecule has 22 heavy (non-hydrogen) atoms. The van der Waals surface area contributed by atoms with Crippen molar-refractivity contribution in [1.29, 1.82) is 0 Å². The summed E-state index contributed by atoms with van der Waals surface area (Å²) in [5.74, 6) is 1.42. The smallest absolute Gasteiger partial charge is 0.191 e. The Labute approximate surface area is 154 Å². The van der Waals surface area contributed by atoms with Crippen molar-refractivity contribution < 1.29 is 5.11 Å². The minimum Gasteiger partial charge on any atom is -0.384 e. The van der Waals surface area contributed by atoms with Crippen LogP contribution in [0, 0.1) is 5.92 Å². The average molecular weight is 435 g/mol. The van der Waals surface area contributed by atoms with Crippen molar-refractivity contribution in [1.82, 2.24) is 10.6 Å². The molecule has 1 aliphatic rings.